The molecule has 1 aliphatic heterocycles. The Balaban J connectivity index is 1.50. The van der Waals surface area contributed by atoms with Gasteiger partial charge in [-0.2, -0.15) is 13.2 Å². The molecule has 0 aliphatic carbocycles. The number of nitrogens with zero attached hydrogens (tertiary/aromatic N) is 4. The first-order chi connectivity index (χ1) is 15.2. The van der Waals surface area contributed by atoms with Gasteiger partial charge in [-0.1, -0.05) is 23.4 Å². The van der Waals surface area contributed by atoms with Gasteiger partial charge in [0.1, 0.15) is 0 Å². The fraction of sp³-hybridized carbons (Fsp3) is 0.409. The van der Waals surface area contributed by atoms with Crippen LogP contribution in [0.25, 0.3) is 0 Å². The molecule has 2 aromatic heterocycles. The molecule has 0 spiro atoms. The number of aromatic nitrogens is 4. The number of alkyl halides is 3. The van der Waals surface area contributed by atoms with Crippen LogP contribution < -0.4 is 10.1 Å². The van der Waals surface area contributed by atoms with Crippen molar-refractivity contribution in [3.63, 3.8) is 0 Å². The number of piperidine rings is 1. The van der Waals surface area contributed by atoms with E-state index in [0.717, 1.165) is 17.7 Å². The summed E-state index contributed by atoms with van der Waals surface area (Å²) in [7, 11) is 1.55. The number of aliphatic hydroxyl groups is 1. The van der Waals surface area contributed by atoms with E-state index in [-0.39, 0.29) is 18.5 Å². The summed E-state index contributed by atoms with van der Waals surface area (Å²) < 4.78 is 45.4. The van der Waals surface area contributed by atoms with Crippen LogP contribution in [0.15, 0.2) is 48.8 Å². The largest absolute Gasteiger partial charge is 0.481 e. The van der Waals surface area contributed by atoms with Gasteiger partial charge in [-0.25, -0.2) is 9.67 Å². The number of hydrogen-bond acceptors (Lipinski definition) is 6. The van der Waals surface area contributed by atoms with Crippen LogP contribution in [0, 0.1) is 0 Å². The van der Waals surface area contributed by atoms with Crippen LogP contribution in [-0.2, 0) is 18.3 Å². The minimum absolute atomic E-state index is 0.0722. The number of methoxy groups -OCH3 is 1. The van der Waals surface area contributed by atoms with Gasteiger partial charge >= 0.3 is 6.18 Å². The van der Waals surface area contributed by atoms with Gasteiger partial charge in [0.2, 0.25) is 5.88 Å². The highest BCUT2D eigenvalue weighted by Crippen LogP contribution is 2.40. The highest BCUT2D eigenvalue weighted by atomic mass is 19.4. The molecule has 3 atom stereocenters. The quantitative estimate of drug-likeness (QED) is 0.623. The lowest BCUT2D eigenvalue weighted by atomic mass is 9.78. The number of ether oxygens (including phenoxy) is 1. The Morgan fingerprint density at radius 3 is 2.56 bits per heavy atom. The number of hydrogen-bond donors (Lipinski definition) is 2. The molecule has 7 nitrogen and oxygen atoms in total. The van der Waals surface area contributed by atoms with Crippen LogP contribution in [0.2, 0.25) is 0 Å². The SMILES string of the molecule is COc1ccc(Cn2cc([C@@H]3CC(O)(c4ccc(C(F)(F)F)cc4)C[C@H](C)N3)nn2)cn1. The standard InChI is InChI=1S/C22H24F3N5O2/c1-14-9-21(31,16-4-6-17(7-5-16)22(23,24)25)10-18(27-14)19-13-30(29-28-19)12-15-3-8-20(32-2)26-11-15/h3-8,11,13-14,18,27,31H,9-10,12H2,1-2H3/t14-,18-,21?/m0/s1. The fourth-order valence-electron chi connectivity index (χ4n) is 4.15. The van der Waals surface area contributed by atoms with Crippen LogP contribution in [0.5, 0.6) is 5.88 Å². The first-order valence-electron chi connectivity index (χ1n) is 10.2. The number of nitrogens with one attached hydrogen (secondary N) is 1. The van der Waals surface area contributed by atoms with E-state index in [1.165, 1.54) is 12.1 Å². The average Bonchev–Trinajstić information content (AvgIpc) is 3.22. The molecule has 0 amide bonds. The van der Waals surface area contributed by atoms with Crippen molar-refractivity contribution in [1.29, 1.82) is 0 Å². The number of rotatable bonds is 5. The Labute approximate surface area is 183 Å². The highest BCUT2D eigenvalue weighted by molar-refractivity contribution is 5.30. The molecule has 10 heteroatoms. The Morgan fingerprint density at radius 1 is 1.19 bits per heavy atom. The second kappa shape index (κ2) is 8.51. The molecule has 32 heavy (non-hydrogen) atoms. The molecule has 3 aromatic rings. The maximum atomic E-state index is 12.9. The smallest absolute Gasteiger partial charge is 0.416 e. The molecule has 1 saturated heterocycles. The van der Waals surface area contributed by atoms with Crippen molar-refractivity contribution in [1.82, 2.24) is 25.3 Å². The molecule has 3 heterocycles. The average molecular weight is 447 g/mol. The van der Waals surface area contributed by atoms with Gasteiger partial charge in [0, 0.05) is 24.7 Å². The van der Waals surface area contributed by atoms with Crippen LogP contribution in [-0.4, -0.2) is 38.2 Å². The Hall–Kier alpha value is -2.98. The van der Waals surface area contributed by atoms with Crippen molar-refractivity contribution in [3.05, 3.63) is 71.2 Å². The zero-order chi connectivity index (χ0) is 22.9. The lowest BCUT2D eigenvalue weighted by Gasteiger charge is -2.40. The molecule has 170 valence electrons. The molecule has 1 aliphatic rings. The van der Waals surface area contributed by atoms with E-state index < -0.39 is 17.3 Å². The van der Waals surface area contributed by atoms with Gasteiger partial charge in [0.15, 0.2) is 0 Å². The van der Waals surface area contributed by atoms with Crippen LogP contribution in [0.4, 0.5) is 13.2 Å². The summed E-state index contributed by atoms with van der Waals surface area (Å²) in [4.78, 5) is 4.17. The summed E-state index contributed by atoms with van der Waals surface area (Å²) in [6.07, 6.45) is -0.271. The van der Waals surface area contributed by atoms with E-state index in [4.69, 9.17) is 4.74 Å². The maximum absolute atomic E-state index is 12.9. The molecule has 0 saturated carbocycles. The second-order valence-electron chi connectivity index (χ2n) is 8.19. The normalized spacial score (nSPS) is 23.8. The third-order valence-electron chi connectivity index (χ3n) is 5.69. The lowest BCUT2D eigenvalue weighted by Crippen LogP contribution is -2.47. The zero-order valence-electron chi connectivity index (χ0n) is 17.7. The van der Waals surface area contributed by atoms with Gasteiger partial charge in [0.05, 0.1) is 42.8 Å². The van der Waals surface area contributed by atoms with Crippen molar-refractivity contribution in [3.8, 4) is 5.88 Å². The fourth-order valence-corrected chi connectivity index (χ4v) is 4.15. The molecule has 1 unspecified atom stereocenters. The van der Waals surface area contributed by atoms with E-state index in [9.17, 15) is 18.3 Å². The predicted molar refractivity (Wildman–Crippen MR) is 110 cm³/mol. The van der Waals surface area contributed by atoms with Gasteiger partial charge in [-0.05, 0) is 36.6 Å². The summed E-state index contributed by atoms with van der Waals surface area (Å²) in [6.45, 7) is 2.39. The van der Waals surface area contributed by atoms with Crippen molar-refractivity contribution in [2.24, 2.45) is 0 Å². The van der Waals surface area contributed by atoms with E-state index in [2.05, 4.69) is 20.6 Å². The topological polar surface area (TPSA) is 85.1 Å². The highest BCUT2D eigenvalue weighted by Gasteiger charge is 2.41. The zero-order valence-corrected chi connectivity index (χ0v) is 17.7. The first kappa shape index (κ1) is 22.2. The molecule has 1 fully saturated rings. The lowest BCUT2D eigenvalue weighted by molar-refractivity contribution is -0.137. The molecule has 1 aromatic carbocycles. The molecule has 0 radical (unpaired) electrons. The minimum atomic E-state index is -4.41. The van der Waals surface area contributed by atoms with Crippen LogP contribution in [0.3, 0.4) is 0 Å². The maximum Gasteiger partial charge on any atom is 0.416 e. The van der Waals surface area contributed by atoms with Crippen molar-refractivity contribution in [2.45, 2.75) is 50.2 Å². The van der Waals surface area contributed by atoms with Crippen molar-refractivity contribution in [2.75, 3.05) is 7.11 Å². The van der Waals surface area contributed by atoms with Crippen molar-refractivity contribution >= 4 is 0 Å². The van der Waals surface area contributed by atoms with Crippen LogP contribution >= 0.6 is 0 Å². The third kappa shape index (κ3) is 4.76. The number of benzene rings is 1. The van der Waals surface area contributed by atoms with Gasteiger partial charge in [0.25, 0.3) is 0 Å². The summed E-state index contributed by atoms with van der Waals surface area (Å²) >= 11 is 0. The van der Waals surface area contributed by atoms with Crippen molar-refractivity contribution < 1.29 is 23.0 Å². The van der Waals surface area contributed by atoms with E-state index >= 15 is 0 Å². The molecule has 4 rings (SSSR count). The summed E-state index contributed by atoms with van der Waals surface area (Å²) in [5.74, 6) is 0.524. The summed E-state index contributed by atoms with van der Waals surface area (Å²) in [5, 5.41) is 23.2. The Morgan fingerprint density at radius 2 is 1.94 bits per heavy atom. The molecule has 0 bridgehead atoms. The Kier molecular flexibility index (Phi) is 5.91. The van der Waals surface area contributed by atoms with E-state index in [1.54, 1.807) is 30.3 Å². The third-order valence-corrected chi connectivity index (χ3v) is 5.69. The van der Waals surface area contributed by atoms with Gasteiger partial charge in [-0.3, -0.25) is 0 Å². The second-order valence-corrected chi connectivity index (χ2v) is 8.19. The van der Waals surface area contributed by atoms with Gasteiger partial charge in [-0.15, -0.1) is 5.10 Å². The first-order valence-corrected chi connectivity index (χ1v) is 10.2. The van der Waals surface area contributed by atoms with E-state index in [1.807, 2.05) is 13.0 Å². The molecular weight excluding hydrogens is 423 g/mol. The Bertz CT molecular complexity index is 1050. The number of pyridine rings is 1. The molecule has 2 N–H and O–H groups in total. The molecular formula is C22H24F3N5O2. The monoisotopic (exact) mass is 447 g/mol. The van der Waals surface area contributed by atoms with Crippen LogP contribution in [0.1, 0.15) is 48.2 Å². The summed E-state index contributed by atoms with van der Waals surface area (Å²) in [6, 6.07) is 8.00. The predicted octanol–water partition coefficient (Wildman–Crippen LogP) is 3.45. The summed E-state index contributed by atoms with van der Waals surface area (Å²) in [5.41, 5.74) is 0.0279. The minimum Gasteiger partial charge on any atom is -0.481 e. The van der Waals surface area contributed by atoms with E-state index in [0.29, 0.717) is 30.1 Å². The van der Waals surface area contributed by atoms with Gasteiger partial charge < -0.3 is 15.2 Å². The number of halogens is 3.